The van der Waals surface area contributed by atoms with Crippen LogP contribution in [0.1, 0.15) is 82.6 Å². The number of aliphatic hydroxyl groups is 1. The van der Waals surface area contributed by atoms with Gasteiger partial charge in [-0.25, -0.2) is 4.79 Å². The Morgan fingerprint density at radius 3 is 2.44 bits per heavy atom. The summed E-state index contributed by atoms with van der Waals surface area (Å²) in [5.41, 5.74) is 2.71. The van der Waals surface area contributed by atoms with Gasteiger partial charge in [0, 0.05) is 12.1 Å². The minimum Gasteiger partial charge on any atom is -0.508 e. The molecule has 0 radical (unpaired) electrons. The summed E-state index contributed by atoms with van der Waals surface area (Å²) in [6.45, 7) is 10.8. The molecule has 3 rings (SSSR count). The highest BCUT2D eigenvalue weighted by Gasteiger charge is 2.43. The van der Waals surface area contributed by atoms with E-state index in [-0.39, 0.29) is 17.3 Å². The van der Waals surface area contributed by atoms with Gasteiger partial charge in [0.2, 0.25) is 0 Å². The van der Waals surface area contributed by atoms with Crippen molar-refractivity contribution in [1.82, 2.24) is 0 Å². The molecule has 1 heterocycles. The predicted molar refractivity (Wildman–Crippen MR) is 135 cm³/mol. The molecular formula is C28H39NO5. The van der Waals surface area contributed by atoms with Crippen molar-refractivity contribution in [3.63, 3.8) is 0 Å². The highest BCUT2D eigenvalue weighted by Crippen LogP contribution is 2.45. The summed E-state index contributed by atoms with van der Waals surface area (Å²) >= 11 is 0. The predicted octanol–water partition coefficient (Wildman–Crippen LogP) is 6.61. The van der Waals surface area contributed by atoms with E-state index >= 15 is 0 Å². The smallest absolute Gasteiger partial charge is 0.415 e. The Hall–Kier alpha value is -2.73. The van der Waals surface area contributed by atoms with Crippen molar-refractivity contribution in [2.75, 3.05) is 18.6 Å². The second-order valence-electron chi connectivity index (χ2n) is 10.1. The number of carbonyl (C=O) groups is 1. The molecule has 1 aliphatic heterocycles. The van der Waals surface area contributed by atoms with Crippen molar-refractivity contribution in [2.24, 2.45) is 5.41 Å². The number of amides is 1. The first-order valence-electron chi connectivity index (χ1n) is 12.2. The fourth-order valence-electron chi connectivity index (χ4n) is 4.72. The van der Waals surface area contributed by atoms with E-state index in [2.05, 4.69) is 13.8 Å². The van der Waals surface area contributed by atoms with Gasteiger partial charge in [-0.2, -0.15) is 0 Å². The minimum absolute atomic E-state index is 0.0933. The number of fused-ring (bicyclic) bond motifs is 1. The zero-order chi connectivity index (χ0) is 25.1. The Balaban J connectivity index is 1.72. The number of aliphatic hydroxyl groups excluding tert-OH is 1. The largest absolute Gasteiger partial charge is 0.508 e. The molecule has 2 aromatic carbocycles. The van der Waals surface area contributed by atoms with Crippen LogP contribution in [0, 0.1) is 12.3 Å². The van der Waals surface area contributed by atoms with Crippen LogP contribution < -0.4 is 9.64 Å². The third-order valence-corrected chi connectivity index (χ3v) is 7.34. The lowest BCUT2D eigenvalue weighted by atomic mass is 9.82. The fourth-order valence-corrected chi connectivity index (χ4v) is 4.72. The van der Waals surface area contributed by atoms with Crippen LogP contribution in [-0.2, 0) is 10.3 Å². The average molecular weight is 470 g/mol. The number of benzene rings is 2. The number of nitrogens with zero attached hydrogens (tertiary/aromatic N) is 1. The van der Waals surface area contributed by atoms with E-state index in [1.54, 1.807) is 24.1 Å². The van der Waals surface area contributed by atoms with Gasteiger partial charge in [0.25, 0.3) is 0 Å². The number of phenolic OH excluding ortho intramolecular Hbond substituents is 1. The topological polar surface area (TPSA) is 79.2 Å². The number of carbonyl (C=O) groups excluding carboxylic acids is 1. The van der Waals surface area contributed by atoms with E-state index in [1.165, 1.54) is 0 Å². The van der Waals surface area contributed by atoms with Gasteiger partial charge in [-0.1, -0.05) is 33.8 Å². The lowest BCUT2D eigenvalue weighted by Gasteiger charge is -2.42. The second-order valence-corrected chi connectivity index (χ2v) is 10.1. The van der Waals surface area contributed by atoms with E-state index < -0.39 is 11.7 Å². The number of hydrogen-bond donors (Lipinski definition) is 2. The van der Waals surface area contributed by atoms with Crippen molar-refractivity contribution in [3.8, 4) is 11.5 Å². The number of aryl methyl sites for hydroxylation is 1. The maximum atomic E-state index is 13.1. The maximum Gasteiger partial charge on any atom is 0.415 e. The van der Waals surface area contributed by atoms with Gasteiger partial charge in [0.1, 0.15) is 17.1 Å². The second kappa shape index (κ2) is 10.3. The van der Waals surface area contributed by atoms with E-state index in [0.29, 0.717) is 25.8 Å². The Bertz CT molecular complexity index is 1010. The van der Waals surface area contributed by atoms with Gasteiger partial charge in [-0.15, -0.1) is 0 Å². The monoisotopic (exact) mass is 469 g/mol. The van der Waals surface area contributed by atoms with Crippen molar-refractivity contribution in [2.45, 2.75) is 78.4 Å². The number of cyclic esters (lactones) is 1. The quantitative estimate of drug-likeness (QED) is 0.409. The molecule has 0 fully saturated rings. The van der Waals surface area contributed by atoms with Gasteiger partial charge < -0.3 is 19.7 Å². The normalized spacial score (nSPS) is 16.1. The number of anilines is 1. The Labute approximate surface area is 203 Å². The first kappa shape index (κ1) is 25.9. The molecule has 0 bridgehead atoms. The first-order chi connectivity index (χ1) is 16.1. The summed E-state index contributed by atoms with van der Waals surface area (Å²) in [5.74, 6) is 0.986. The molecule has 186 valence electrons. The number of ether oxygens (including phenoxy) is 2. The summed E-state index contributed by atoms with van der Waals surface area (Å²) in [4.78, 5) is 14.8. The van der Waals surface area contributed by atoms with Gasteiger partial charge >= 0.3 is 6.09 Å². The van der Waals surface area contributed by atoms with Crippen molar-refractivity contribution in [1.29, 1.82) is 0 Å². The Morgan fingerprint density at radius 2 is 1.82 bits per heavy atom. The van der Waals surface area contributed by atoms with Gasteiger partial charge in [-0.05, 0) is 85.9 Å². The number of rotatable bonds is 10. The number of methoxy groups -OCH3 is 1. The fraction of sp³-hybridized carbons (Fsp3) is 0.536. The average Bonchev–Trinajstić information content (AvgIpc) is 2.83. The summed E-state index contributed by atoms with van der Waals surface area (Å²) in [5, 5.41) is 20.4. The molecule has 6 heteroatoms. The van der Waals surface area contributed by atoms with E-state index in [4.69, 9.17) is 9.47 Å². The van der Waals surface area contributed by atoms with Crippen molar-refractivity contribution >= 4 is 11.8 Å². The molecule has 0 aromatic heterocycles. The molecule has 2 N–H and O–H groups in total. The van der Waals surface area contributed by atoms with Crippen molar-refractivity contribution < 1.29 is 24.5 Å². The van der Waals surface area contributed by atoms with Crippen LogP contribution in [0.2, 0.25) is 0 Å². The third-order valence-electron chi connectivity index (χ3n) is 7.34. The van der Waals surface area contributed by atoms with Crippen molar-refractivity contribution in [3.05, 3.63) is 53.1 Å². The molecule has 34 heavy (non-hydrogen) atoms. The van der Waals surface area contributed by atoms with Crippen LogP contribution in [0.25, 0.3) is 0 Å². The molecule has 0 saturated carbocycles. The zero-order valence-corrected chi connectivity index (χ0v) is 21.4. The van der Waals surface area contributed by atoms with Crippen LogP contribution in [0.5, 0.6) is 11.5 Å². The molecule has 0 aliphatic carbocycles. The molecule has 1 unspecified atom stereocenters. The summed E-state index contributed by atoms with van der Waals surface area (Å²) in [6, 6.07) is 11.1. The van der Waals surface area contributed by atoms with E-state index in [0.717, 1.165) is 41.0 Å². The zero-order valence-electron chi connectivity index (χ0n) is 21.4. The minimum atomic E-state index is -0.640. The summed E-state index contributed by atoms with van der Waals surface area (Å²) < 4.78 is 11.5. The summed E-state index contributed by atoms with van der Waals surface area (Å²) in [6.07, 6.45) is 2.65. The van der Waals surface area contributed by atoms with Crippen LogP contribution in [-0.4, -0.2) is 30.0 Å². The molecule has 2 aromatic rings. The lowest BCUT2D eigenvalue weighted by molar-refractivity contribution is -0.00164. The van der Waals surface area contributed by atoms with Crippen LogP contribution in [0.3, 0.4) is 0 Å². The van der Waals surface area contributed by atoms with Gasteiger partial charge in [0.05, 0.1) is 18.9 Å². The molecule has 0 saturated heterocycles. The molecule has 1 amide bonds. The van der Waals surface area contributed by atoms with Gasteiger partial charge in [0.15, 0.2) is 0 Å². The molecular weight excluding hydrogens is 430 g/mol. The van der Waals surface area contributed by atoms with E-state index in [9.17, 15) is 15.0 Å². The standard InChI is InChI=1S/C28H39NO5/c1-7-28(8-2)22-18-21(33-6)10-11-23(22)29(26(32)34-28)16-15-27(4,5)14-13-25(31)20-9-12-24(30)19(3)17-20/h9-12,17-18,25,30-31H,7-8,13-16H2,1-6H3. The Morgan fingerprint density at radius 1 is 1.12 bits per heavy atom. The number of aromatic hydroxyl groups is 1. The highest BCUT2D eigenvalue weighted by atomic mass is 16.6. The van der Waals surface area contributed by atoms with Gasteiger partial charge in [-0.3, -0.25) is 4.90 Å². The van der Waals surface area contributed by atoms with E-state index in [1.807, 2.05) is 45.0 Å². The molecule has 6 nitrogen and oxygen atoms in total. The lowest BCUT2D eigenvalue weighted by Crippen LogP contribution is -2.46. The highest BCUT2D eigenvalue weighted by molar-refractivity contribution is 5.91. The third kappa shape index (κ3) is 5.33. The number of phenols is 1. The van der Waals surface area contributed by atoms with Crippen LogP contribution >= 0.6 is 0 Å². The maximum absolute atomic E-state index is 13.1. The SMILES string of the molecule is CCC1(CC)OC(=O)N(CCC(C)(C)CCC(O)c2ccc(O)c(C)c2)c2ccc(OC)cc21. The molecule has 1 atom stereocenters. The molecule has 0 spiro atoms. The summed E-state index contributed by atoms with van der Waals surface area (Å²) in [7, 11) is 1.64. The number of hydrogen-bond acceptors (Lipinski definition) is 5. The molecule has 1 aliphatic rings. The Kier molecular flexibility index (Phi) is 7.81. The van der Waals surface area contributed by atoms with Crippen LogP contribution in [0.15, 0.2) is 36.4 Å². The van der Waals surface area contributed by atoms with Crippen LogP contribution in [0.4, 0.5) is 10.5 Å². The first-order valence-corrected chi connectivity index (χ1v) is 12.2.